The van der Waals surface area contributed by atoms with Crippen LogP contribution in [0, 0.1) is 17.3 Å². The Bertz CT molecular complexity index is 1360. The standard InChI is InChI=1S/C29H35N3O4/c1-29(2,3)25(33)19-31-24-12-8-7-11-23(24)27(35)32(28(31)36)18-21-13-15-22(16-14-21)26(34)30-17-20-9-5-4-6-10-20/h4-12,21-22H,13-19H2,1-3H3,(H,30,34). The Morgan fingerprint density at radius 1 is 0.889 bits per heavy atom. The van der Waals surface area contributed by atoms with Gasteiger partial charge in [-0.05, 0) is 49.3 Å². The van der Waals surface area contributed by atoms with Crippen LogP contribution in [0.25, 0.3) is 10.9 Å². The van der Waals surface area contributed by atoms with Crippen molar-refractivity contribution in [3.8, 4) is 0 Å². The molecule has 0 atom stereocenters. The summed E-state index contributed by atoms with van der Waals surface area (Å²) in [7, 11) is 0. The van der Waals surface area contributed by atoms with Crippen molar-refractivity contribution in [2.24, 2.45) is 17.3 Å². The molecule has 0 aliphatic heterocycles. The first-order valence-electron chi connectivity index (χ1n) is 12.7. The second-order valence-electron chi connectivity index (χ2n) is 10.9. The minimum atomic E-state index is -0.596. The minimum Gasteiger partial charge on any atom is -0.352 e. The van der Waals surface area contributed by atoms with Crippen LogP contribution in [0.2, 0.25) is 0 Å². The van der Waals surface area contributed by atoms with E-state index in [1.807, 2.05) is 51.1 Å². The Kier molecular flexibility index (Phi) is 7.57. The van der Waals surface area contributed by atoms with Crippen LogP contribution < -0.4 is 16.6 Å². The molecule has 0 unspecified atom stereocenters. The quantitative estimate of drug-likeness (QED) is 0.545. The molecule has 36 heavy (non-hydrogen) atoms. The molecule has 1 amide bonds. The highest BCUT2D eigenvalue weighted by atomic mass is 16.2. The first-order valence-corrected chi connectivity index (χ1v) is 12.7. The predicted octanol–water partition coefficient (Wildman–Crippen LogP) is 3.90. The molecule has 2 aromatic carbocycles. The maximum Gasteiger partial charge on any atom is 0.331 e. The smallest absolute Gasteiger partial charge is 0.331 e. The van der Waals surface area contributed by atoms with Crippen LogP contribution in [0.15, 0.2) is 64.2 Å². The highest BCUT2D eigenvalue weighted by molar-refractivity contribution is 5.86. The van der Waals surface area contributed by atoms with Crippen LogP contribution in [0.3, 0.4) is 0 Å². The van der Waals surface area contributed by atoms with E-state index in [9.17, 15) is 19.2 Å². The highest BCUT2D eigenvalue weighted by Gasteiger charge is 2.28. The van der Waals surface area contributed by atoms with Crippen LogP contribution in [-0.2, 0) is 29.2 Å². The topological polar surface area (TPSA) is 90.2 Å². The fraction of sp³-hybridized carbons (Fsp3) is 0.448. The van der Waals surface area contributed by atoms with Gasteiger partial charge >= 0.3 is 5.69 Å². The third kappa shape index (κ3) is 5.66. The van der Waals surface area contributed by atoms with Crippen LogP contribution >= 0.6 is 0 Å². The van der Waals surface area contributed by atoms with E-state index in [-0.39, 0.29) is 35.6 Å². The molecule has 0 radical (unpaired) electrons. The number of para-hydroxylation sites is 1. The molecular formula is C29H35N3O4. The lowest BCUT2D eigenvalue weighted by atomic mass is 9.81. The molecule has 1 aliphatic carbocycles. The van der Waals surface area contributed by atoms with Crippen LogP contribution in [0.5, 0.6) is 0 Å². The van der Waals surface area contributed by atoms with Crippen LogP contribution in [0.4, 0.5) is 0 Å². The molecule has 3 aromatic rings. The van der Waals surface area contributed by atoms with Gasteiger partial charge in [0.1, 0.15) is 0 Å². The number of Topliss-reactive ketones (excluding diaryl/α,β-unsaturated/α-hetero) is 1. The van der Waals surface area contributed by atoms with Gasteiger partial charge in [0.2, 0.25) is 5.91 Å². The Morgan fingerprint density at radius 2 is 1.53 bits per heavy atom. The maximum absolute atomic E-state index is 13.4. The van der Waals surface area contributed by atoms with Gasteiger partial charge in [0.15, 0.2) is 5.78 Å². The zero-order chi connectivity index (χ0) is 25.9. The summed E-state index contributed by atoms with van der Waals surface area (Å²) >= 11 is 0. The number of nitrogens with zero attached hydrogens (tertiary/aromatic N) is 2. The van der Waals surface area contributed by atoms with Gasteiger partial charge in [-0.3, -0.25) is 23.5 Å². The Labute approximate surface area is 211 Å². The number of ketones is 1. The average molecular weight is 490 g/mol. The van der Waals surface area contributed by atoms with Crippen molar-refractivity contribution < 1.29 is 9.59 Å². The van der Waals surface area contributed by atoms with E-state index >= 15 is 0 Å². The number of aromatic nitrogens is 2. The summed E-state index contributed by atoms with van der Waals surface area (Å²) in [5, 5.41) is 3.47. The summed E-state index contributed by atoms with van der Waals surface area (Å²) < 4.78 is 2.73. The van der Waals surface area contributed by atoms with Crippen LogP contribution in [-0.4, -0.2) is 20.8 Å². The van der Waals surface area contributed by atoms with E-state index in [1.165, 1.54) is 9.13 Å². The fourth-order valence-electron chi connectivity index (χ4n) is 4.86. The average Bonchev–Trinajstić information content (AvgIpc) is 2.88. The third-order valence-corrected chi connectivity index (χ3v) is 7.24. The van der Waals surface area contributed by atoms with Crippen molar-refractivity contribution in [2.45, 2.75) is 66.1 Å². The molecule has 1 fully saturated rings. The molecule has 1 heterocycles. The Hall–Kier alpha value is -3.48. The van der Waals surface area contributed by atoms with E-state index in [1.54, 1.807) is 24.3 Å². The first-order chi connectivity index (χ1) is 17.1. The minimum absolute atomic E-state index is 0.0562. The molecule has 190 valence electrons. The fourth-order valence-corrected chi connectivity index (χ4v) is 4.86. The van der Waals surface area contributed by atoms with Crippen molar-refractivity contribution in [3.63, 3.8) is 0 Å². The van der Waals surface area contributed by atoms with Crippen LogP contribution in [0.1, 0.15) is 52.0 Å². The monoisotopic (exact) mass is 489 g/mol. The van der Waals surface area contributed by atoms with E-state index < -0.39 is 11.1 Å². The number of hydrogen-bond donors (Lipinski definition) is 1. The lowest BCUT2D eigenvalue weighted by molar-refractivity contribution is -0.127. The van der Waals surface area contributed by atoms with Gasteiger partial charge in [0.05, 0.1) is 17.4 Å². The molecule has 1 saturated carbocycles. The summed E-state index contributed by atoms with van der Waals surface area (Å²) in [6, 6.07) is 16.8. The largest absolute Gasteiger partial charge is 0.352 e. The van der Waals surface area contributed by atoms with Gasteiger partial charge in [-0.25, -0.2) is 4.79 Å². The van der Waals surface area contributed by atoms with E-state index in [0.717, 1.165) is 31.2 Å². The van der Waals surface area contributed by atoms with Gasteiger partial charge in [-0.2, -0.15) is 0 Å². The number of benzene rings is 2. The van der Waals surface area contributed by atoms with Crippen molar-refractivity contribution in [3.05, 3.63) is 81.0 Å². The molecule has 0 saturated heterocycles. The summed E-state index contributed by atoms with van der Waals surface area (Å²) in [6.07, 6.45) is 2.99. The summed E-state index contributed by atoms with van der Waals surface area (Å²) in [5.74, 6) is 0.0612. The number of fused-ring (bicyclic) bond motifs is 1. The van der Waals surface area contributed by atoms with Gasteiger partial charge < -0.3 is 5.32 Å². The molecule has 1 aliphatic rings. The van der Waals surface area contributed by atoms with Gasteiger partial charge in [-0.15, -0.1) is 0 Å². The first kappa shape index (κ1) is 25.6. The summed E-state index contributed by atoms with van der Waals surface area (Å²) in [4.78, 5) is 52.1. The zero-order valence-electron chi connectivity index (χ0n) is 21.3. The molecule has 0 spiro atoms. The van der Waals surface area contributed by atoms with Crippen molar-refractivity contribution in [1.82, 2.24) is 14.5 Å². The Balaban J connectivity index is 1.48. The number of carbonyl (C=O) groups excluding carboxylic acids is 2. The maximum atomic E-state index is 13.4. The van der Waals surface area contributed by atoms with Gasteiger partial charge in [0, 0.05) is 24.4 Å². The lowest BCUT2D eigenvalue weighted by Crippen LogP contribution is -2.44. The number of amides is 1. The molecule has 1 N–H and O–H groups in total. The lowest BCUT2D eigenvalue weighted by Gasteiger charge is -2.28. The zero-order valence-corrected chi connectivity index (χ0v) is 21.3. The van der Waals surface area contributed by atoms with Crippen molar-refractivity contribution in [1.29, 1.82) is 0 Å². The number of nitrogens with one attached hydrogen (secondary N) is 1. The second kappa shape index (κ2) is 10.6. The normalized spacial score (nSPS) is 18.2. The second-order valence-corrected chi connectivity index (χ2v) is 10.9. The molecule has 1 aromatic heterocycles. The summed E-state index contributed by atoms with van der Waals surface area (Å²) in [6.45, 7) is 6.22. The van der Waals surface area contributed by atoms with Gasteiger partial charge in [0.25, 0.3) is 5.56 Å². The van der Waals surface area contributed by atoms with Gasteiger partial charge in [-0.1, -0.05) is 63.2 Å². The Morgan fingerprint density at radius 3 is 2.19 bits per heavy atom. The molecule has 7 nitrogen and oxygen atoms in total. The van der Waals surface area contributed by atoms with Crippen molar-refractivity contribution >= 4 is 22.6 Å². The molecule has 7 heteroatoms. The molecule has 4 rings (SSSR count). The third-order valence-electron chi connectivity index (χ3n) is 7.24. The highest BCUT2D eigenvalue weighted by Crippen LogP contribution is 2.30. The number of rotatable bonds is 7. The predicted molar refractivity (Wildman–Crippen MR) is 141 cm³/mol. The van der Waals surface area contributed by atoms with E-state index in [4.69, 9.17) is 0 Å². The van der Waals surface area contributed by atoms with Crippen molar-refractivity contribution in [2.75, 3.05) is 0 Å². The number of hydrogen-bond acceptors (Lipinski definition) is 4. The molecular weight excluding hydrogens is 454 g/mol. The SMILES string of the molecule is CC(C)(C)C(=O)Cn1c(=O)n(CC2CCC(C(=O)NCc3ccccc3)CC2)c(=O)c2ccccc21. The van der Waals surface area contributed by atoms with E-state index in [2.05, 4.69) is 5.32 Å². The summed E-state index contributed by atoms with van der Waals surface area (Å²) in [5.41, 5.74) is 0.189. The molecule has 0 bridgehead atoms. The number of carbonyl (C=O) groups is 2. The van der Waals surface area contributed by atoms with E-state index in [0.29, 0.717) is 24.0 Å².